The minimum Gasteiger partial charge on any atom is -0.352 e. The number of nitrogens with zero attached hydrogens (tertiary/aromatic N) is 3. The Labute approximate surface area is 227 Å². The molecule has 0 atom stereocenters. The van der Waals surface area contributed by atoms with Gasteiger partial charge in [-0.3, -0.25) is 0 Å². The van der Waals surface area contributed by atoms with Crippen molar-refractivity contribution < 1.29 is 39.5 Å². The van der Waals surface area contributed by atoms with Crippen LogP contribution in [0.3, 0.4) is 0 Å². The van der Waals surface area contributed by atoms with E-state index in [1.807, 2.05) is 0 Å². The van der Waals surface area contributed by atoms with Gasteiger partial charge in [-0.05, 0) is 48.4 Å². The van der Waals surface area contributed by atoms with E-state index in [2.05, 4.69) is 15.0 Å². The van der Waals surface area contributed by atoms with Crippen molar-refractivity contribution in [3.05, 3.63) is 95.5 Å². The van der Waals surface area contributed by atoms with Crippen LogP contribution >= 0.6 is 0 Å². The number of halogens is 9. The van der Waals surface area contributed by atoms with Crippen LogP contribution in [0.1, 0.15) is 28.9 Å². The van der Waals surface area contributed by atoms with E-state index in [4.69, 9.17) is 0 Å². The summed E-state index contributed by atoms with van der Waals surface area (Å²) in [4.78, 5) is 13.0. The Hall–Kier alpha value is -4.29. The van der Waals surface area contributed by atoms with Crippen molar-refractivity contribution >= 4 is 11.4 Å². The molecule has 4 nitrogen and oxygen atoms in total. The van der Waals surface area contributed by atoms with Crippen molar-refractivity contribution in [3.63, 3.8) is 0 Å². The minimum atomic E-state index is -4.60. The first-order chi connectivity index (χ1) is 19.2. The third-order valence-corrected chi connectivity index (χ3v) is 6.60. The molecule has 13 heteroatoms. The van der Waals surface area contributed by atoms with Crippen LogP contribution < -0.4 is 4.90 Å². The molecule has 0 aliphatic carbocycles. The summed E-state index contributed by atoms with van der Waals surface area (Å²) in [6.07, 6.45) is -10.6. The number of hydrogen-bond acceptors (Lipinski definition) is 3. The lowest BCUT2D eigenvalue weighted by atomic mass is 10.0. The first-order valence-corrected chi connectivity index (χ1v) is 12.1. The summed E-state index contributed by atoms with van der Waals surface area (Å²) in [5, 5.41) is 0. The molecule has 41 heavy (non-hydrogen) atoms. The number of nitrogens with one attached hydrogen (secondary N) is 1. The Morgan fingerprint density at radius 1 is 0.707 bits per heavy atom. The van der Waals surface area contributed by atoms with Crippen LogP contribution in [0.4, 0.5) is 45.3 Å². The minimum absolute atomic E-state index is 0.0708. The maximum atomic E-state index is 13.5. The van der Waals surface area contributed by atoms with Gasteiger partial charge >= 0.3 is 18.5 Å². The van der Waals surface area contributed by atoms with Gasteiger partial charge in [0.1, 0.15) is 11.6 Å². The average molecular weight is 582 g/mol. The van der Waals surface area contributed by atoms with Gasteiger partial charge in [0, 0.05) is 30.4 Å². The maximum Gasteiger partial charge on any atom is 0.419 e. The number of rotatable bonds is 4. The molecule has 0 radical (unpaired) electrons. The normalized spacial score (nSPS) is 14.8. The second kappa shape index (κ2) is 10.3. The van der Waals surface area contributed by atoms with Crippen molar-refractivity contribution in [2.75, 3.05) is 18.0 Å². The van der Waals surface area contributed by atoms with Crippen LogP contribution in [0.15, 0.2) is 72.9 Å². The van der Waals surface area contributed by atoms with Gasteiger partial charge in [0.05, 0.1) is 28.1 Å². The molecule has 0 fully saturated rings. The zero-order valence-electron chi connectivity index (χ0n) is 20.8. The third-order valence-electron chi connectivity index (χ3n) is 6.60. The summed E-state index contributed by atoms with van der Waals surface area (Å²) in [6.45, 7) is 0.235. The second-order valence-corrected chi connectivity index (χ2v) is 9.26. The average Bonchev–Trinajstić information content (AvgIpc) is 3.37. The Balaban J connectivity index is 1.51. The molecule has 5 rings (SSSR count). The van der Waals surface area contributed by atoms with Crippen LogP contribution in [0.5, 0.6) is 0 Å². The monoisotopic (exact) mass is 582 g/mol. The smallest absolute Gasteiger partial charge is 0.352 e. The predicted octanol–water partition coefficient (Wildman–Crippen LogP) is 8.49. The number of pyridine rings is 1. The Kier molecular flexibility index (Phi) is 7.08. The van der Waals surface area contributed by atoms with Crippen molar-refractivity contribution in [3.8, 4) is 22.5 Å². The molecule has 214 valence electrons. The molecule has 1 aliphatic heterocycles. The highest BCUT2D eigenvalue weighted by Gasteiger charge is 2.36. The number of anilines is 1. The third kappa shape index (κ3) is 5.93. The van der Waals surface area contributed by atoms with Crippen LogP contribution in [0.2, 0.25) is 0 Å². The summed E-state index contributed by atoms with van der Waals surface area (Å²) < 4.78 is 119. The number of alkyl halides is 9. The molecular weight excluding hydrogens is 563 g/mol. The van der Waals surface area contributed by atoms with Gasteiger partial charge in [0.15, 0.2) is 0 Å². The topological polar surface area (TPSA) is 44.8 Å². The fourth-order valence-electron chi connectivity index (χ4n) is 4.53. The lowest BCUT2D eigenvalue weighted by Gasteiger charge is -2.29. The van der Waals surface area contributed by atoms with Crippen LogP contribution in [0.25, 0.3) is 28.1 Å². The van der Waals surface area contributed by atoms with Crippen LogP contribution in [-0.2, 0) is 18.5 Å². The van der Waals surface area contributed by atoms with E-state index in [0.717, 1.165) is 30.3 Å². The maximum absolute atomic E-state index is 13.5. The summed E-state index contributed by atoms with van der Waals surface area (Å²) in [7, 11) is 0. The Morgan fingerprint density at radius 3 is 1.80 bits per heavy atom. The van der Waals surface area contributed by atoms with E-state index in [1.54, 1.807) is 6.08 Å². The zero-order valence-corrected chi connectivity index (χ0v) is 20.8. The molecular formula is C28H19F9N4. The molecule has 2 aromatic carbocycles. The number of aromatic nitrogens is 3. The number of hydrogen-bond donors (Lipinski definition) is 1. The lowest BCUT2D eigenvalue weighted by Crippen LogP contribution is -2.31. The number of aromatic amines is 1. The largest absolute Gasteiger partial charge is 0.419 e. The number of imidazole rings is 1. The number of H-pyrrole nitrogens is 1. The highest BCUT2D eigenvalue weighted by atomic mass is 19.4. The summed E-state index contributed by atoms with van der Waals surface area (Å²) in [6, 6.07) is 10.6. The van der Waals surface area contributed by atoms with Crippen LogP contribution in [0, 0.1) is 0 Å². The molecule has 0 spiro atoms. The highest BCUT2D eigenvalue weighted by Crippen LogP contribution is 2.39. The fourth-order valence-corrected chi connectivity index (χ4v) is 4.53. The predicted molar refractivity (Wildman–Crippen MR) is 134 cm³/mol. The highest BCUT2D eigenvalue weighted by molar-refractivity contribution is 5.81. The summed E-state index contributed by atoms with van der Waals surface area (Å²) >= 11 is 0. The van der Waals surface area contributed by atoms with Gasteiger partial charge in [-0.25, -0.2) is 9.97 Å². The molecule has 0 saturated heterocycles. The lowest BCUT2D eigenvalue weighted by molar-refractivity contribution is -0.138. The first-order valence-electron chi connectivity index (χ1n) is 12.1. The van der Waals surface area contributed by atoms with Gasteiger partial charge in [-0.15, -0.1) is 0 Å². The summed E-state index contributed by atoms with van der Waals surface area (Å²) in [5.41, 5.74) is -0.913. The van der Waals surface area contributed by atoms with E-state index in [-0.39, 0.29) is 42.3 Å². The summed E-state index contributed by atoms with van der Waals surface area (Å²) in [5.74, 6) is 0.0807. The van der Waals surface area contributed by atoms with Crippen LogP contribution in [-0.4, -0.2) is 28.0 Å². The molecule has 4 aromatic rings. The Bertz CT molecular complexity index is 1490. The van der Waals surface area contributed by atoms with E-state index < -0.39 is 35.2 Å². The molecule has 1 aliphatic rings. The van der Waals surface area contributed by atoms with Gasteiger partial charge in [-0.2, -0.15) is 39.5 Å². The molecule has 2 aromatic heterocycles. The first kappa shape index (κ1) is 28.2. The van der Waals surface area contributed by atoms with Gasteiger partial charge < -0.3 is 9.88 Å². The Morgan fingerprint density at radius 2 is 1.29 bits per heavy atom. The SMILES string of the molecule is FC(F)(F)c1ccc(-c2nc(C3=CCN(c4ncccc4C(F)(F)F)CC3)[nH]c2-c2ccc(C(F)(F)F)cc2)cc1. The zero-order chi connectivity index (χ0) is 29.6. The molecule has 0 unspecified atom stereocenters. The second-order valence-electron chi connectivity index (χ2n) is 9.26. The van der Waals surface area contributed by atoms with E-state index in [9.17, 15) is 39.5 Å². The standard InChI is InChI=1S/C28H19F9N4/c29-26(30,31)19-7-3-16(4-8-19)22-23(17-5-9-20(10-6-17)27(32,33)34)40-24(39-22)18-11-14-41(15-12-18)25-21(28(35,36)37)2-1-13-38-25/h1-11,13H,12,14-15H2,(H,39,40). The molecule has 0 amide bonds. The fraction of sp³-hybridized carbons (Fsp3) is 0.214. The van der Waals surface area contributed by atoms with E-state index in [0.29, 0.717) is 17.0 Å². The van der Waals surface area contributed by atoms with Gasteiger partial charge in [0.2, 0.25) is 0 Å². The van der Waals surface area contributed by atoms with Gasteiger partial charge in [-0.1, -0.05) is 30.3 Å². The molecule has 1 N–H and O–H groups in total. The van der Waals surface area contributed by atoms with Crippen molar-refractivity contribution in [1.82, 2.24) is 15.0 Å². The molecule has 3 heterocycles. The molecule has 0 saturated carbocycles. The van der Waals surface area contributed by atoms with Crippen molar-refractivity contribution in [1.29, 1.82) is 0 Å². The van der Waals surface area contributed by atoms with Crippen molar-refractivity contribution in [2.45, 2.75) is 24.9 Å². The quantitative estimate of drug-likeness (QED) is 0.246. The van der Waals surface area contributed by atoms with Gasteiger partial charge in [0.25, 0.3) is 0 Å². The molecule has 0 bridgehead atoms. The number of benzene rings is 2. The van der Waals surface area contributed by atoms with Crippen molar-refractivity contribution in [2.24, 2.45) is 0 Å². The van der Waals surface area contributed by atoms with E-state index in [1.165, 1.54) is 41.4 Å². The van der Waals surface area contributed by atoms with E-state index >= 15 is 0 Å².